The molecule has 2 aromatic rings. The normalized spacial score (nSPS) is 13.6. The average Bonchev–Trinajstić information content (AvgIpc) is 2.86. The zero-order valence-electron chi connectivity index (χ0n) is 16.2. The van der Waals surface area contributed by atoms with Crippen molar-refractivity contribution in [2.45, 2.75) is 47.1 Å². The minimum absolute atomic E-state index is 0.0526. The van der Waals surface area contributed by atoms with Crippen LogP contribution in [0, 0.1) is 24.0 Å². The molecule has 0 saturated heterocycles. The fraction of sp³-hybridized carbons (Fsp3) is 0.429. The summed E-state index contributed by atoms with van der Waals surface area (Å²) in [4.78, 5) is 18.9. The molecule has 6 heteroatoms. The van der Waals surface area contributed by atoms with Crippen LogP contribution in [0.5, 0.6) is 0 Å². The van der Waals surface area contributed by atoms with Crippen LogP contribution in [0.4, 0.5) is 20.3 Å². The lowest BCUT2D eigenvalue weighted by atomic mass is 9.92. The average molecular weight is 373 g/mol. The van der Waals surface area contributed by atoms with Crippen LogP contribution in [-0.2, 0) is 17.8 Å². The third-order valence-corrected chi connectivity index (χ3v) is 4.47. The number of nitrogens with zero attached hydrogens (tertiary/aromatic N) is 2. The van der Waals surface area contributed by atoms with Crippen molar-refractivity contribution in [1.29, 1.82) is 0 Å². The summed E-state index contributed by atoms with van der Waals surface area (Å²) in [6.07, 6.45) is 1.15. The number of carbonyl (C=O) groups excluding carboxylic acids is 1. The molecule has 0 radical (unpaired) electrons. The third kappa shape index (κ3) is 4.81. The number of amides is 1. The van der Waals surface area contributed by atoms with E-state index in [0.717, 1.165) is 36.0 Å². The molecule has 1 amide bonds. The van der Waals surface area contributed by atoms with Gasteiger partial charge in [0.25, 0.3) is 0 Å². The molecule has 3 rings (SSSR count). The van der Waals surface area contributed by atoms with E-state index in [1.165, 1.54) is 12.1 Å². The number of rotatable bonds is 4. The minimum Gasteiger partial charge on any atom is -0.365 e. The molecule has 1 aromatic heterocycles. The van der Waals surface area contributed by atoms with Gasteiger partial charge < -0.3 is 10.2 Å². The summed E-state index contributed by atoms with van der Waals surface area (Å²) in [7, 11) is 0. The lowest BCUT2D eigenvalue weighted by Crippen LogP contribution is -2.21. The summed E-state index contributed by atoms with van der Waals surface area (Å²) in [6, 6.07) is 5.56. The van der Waals surface area contributed by atoms with Gasteiger partial charge in [0.15, 0.2) is 0 Å². The molecular formula is C21H25F2N3O. The van der Waals surface area contributed by atoms with Crippen LogP contribution < -0.4 is 10.2 Å². The number of pyridine rings is 1. The number of nitrogens with one attached hydrogen (secondary N) is 1. The molecule has 144 valence electrons. The maximum Gasteiger partial charge on any atom is 0.226 e. The molecule has 1 aliphatic rings. The first-order chi connectivity index (χ1) is 12.6. The van der Waals surface area contributed by atoms with Gasteiger partial charge in [0, 0.05) is 32.0 Å². The highest BCUT2D eigenvalue weighted by Gasteiger charge is 2.24. The highest BCUT2D eigenvalue weighted by atomic mass is 19.1. The molecule has 4 nitrogen and oxygen atoms in total. The Morgan fingerprint density at radius 1 is 1.19 bits per heavy atom. The summed E-state index contributed by atoms with van der Waals surface area (Å²) in [5.41, 5.74) is 3.20. The predicted molar refractivity (Wildman–Crippen MR) is 103 cm³/mol. The second-order valence-corrected chi connectivity index (χ2v) is 8.35. The Bertz CT molecular complexity index is 854. The Hall–Kier alpha value is -2.50. The van der Waals surface area contributed by atoms with Crippen molar-refractivity contribution in [3.8, 4) is 0 Å². The van der Waals surface area contributed by atoms with Gasteiger partial charge in [-0.05, 0) is 41.7 Å². The first kappa shape index (κ1) is 19.3. The van der Waals surface area contributed by atoms with E-state index >= 15 is 0 Å². The zero-order valence-corrected chi connectivity index (χ0v) is 16.2. The monoisotopic (exact) mass is 373 g/mol. The van der Waals surface area contributed by atoms with Gasteiger partial charge in [-0.3, -0.25) is 4.79 Å². The van der Waals surface area contributed by atoms with E-state index in [4.69, 9.17) is 0 Å². The number of halogens is 2. The van der Waals surface area contributed by atoms with Gasteiger partial charge >= 0.3 is 0 Å². The lowest BCUT2D eigenvalue weighted by molar-refractivity contribution is -0.117. The van der Waals surface area contributed by atoms with Crippen LogP contribution in [0.3, 0.4) is 0 Å². The maximum atomic E-state index is 13.4. The number of aryl methyl sites for hydroxylation is 1. The standard InChI is InChI=1S/C21H25F2N3O/c1-13-7-18-17(24-20(13)25-19(27)11-21(2,3)4)5-6-26(18)12-14-8-15(22)10-16(23)9-14/h7-10H,5-6,11-12H2,1-4H3,(H,24,25,27). The molecule has 1 N–H and O–H groups in total. The Labute approximate surface area is 158 Å². The van der Waals surface area contributed by atoms with Crippen molar-refractivity contribution in [1.82, 2.24) is 4.98 Å². The molecule has 0 atom stereocenters. The van der Waals surface area contributed by atoms with E-state index < -0.39 is 11.6 Å². The highest BCUT2D eigenvalue weighted by molar-refractivity contribution is 5.91. The van der Waals surface area contributed by atoms with Crippen molar-refractivity contribution < 1.29 is 13.6 Å². The van der Waals surface area contributed by atoms with E-state index in [1.54, 1.807) is 0 Å². The van der Waals surface area contributed by atoms with Crippen molar-refractivity contribution >= 4 is 17.4 Å². The van der Waals surface area contributed by atoms with Gasteiger partial charge in [0.1, 0.15) is 17.5 Å². The molecule has 2 heterocycles. The Balaban J connectivity index is 1.77. The fourth-order valence-corrected chi connectivity index (χ4v) is 3.33. The number of aromatic nitrogens is 1. The Kier molecular flexibility index (Phi) is 5.18. The molecular weight excluding hydrogens is 348 g/mol. The van der Waals surface area contributed by atoms with E-state index in [0.29, 0.717) is 24.3 Å². The van der Waals surface area contributed by atoms with E-state index in [2.05, 4.69) is 15.2 Å². The van der Waals surface area contributed by atoms with Gasteiger partial charge in [0.2, 0.25) is 5.91 Å². The van der Waals surface area contributed by atoms with Crippen LogP contribution in [0.2, 0.25) is 0 Å². The zero-order chi connectivity index (χ0) is 19.8. The van der Waals surface area contributed by atoms with Crippen molar-refractivity contribution in [2.24, 2.45) is 5.41 Å². The number of hydrogen-bond acceptors (Lipinski definition) is 3. The molecule has 0 unspecified atom stereocenters. The summed E-state index contributed by atoms with van der Waals surface area (Å²) in [6.45, 7) is 9.09. The smallest absolute Gasteiger partial charge is 0.226 e. The molecule has 0 fully saturated rings. The van der Waals surface area contributed by atoms with Crippen molar-refractivity contribution in [2.75, 3.05) is 16.8 Å². The first-order valence-corrected chi connectivity index (χ1v) is 9.11. The number of fused-ring (bicyclic) bond motifs is 1. The highest BCUT2D eigenvalue weighted by Crippen LogP contribution is 2.32. The number of hydrogen-bond donors (Lipinski definition) is 1. The molecule has 0 bridgehead atoms. The minimum atomic E-state index is -0.573. The SMILES string of the molecule is Cc1cc2c(nc1NC(=O)CC(C)(C)C)CCN2Cc1cc(F)cc(F)c1. The molecule has 0 spiro atoms. The fourth-order valence-electron chi connectivity index (χ4n) is 3.33. The van der Waals surface area contributed by atoms with Crippen molar-refractivity contribution in [3.05, 3.63) is 52.7 Å². The van der Waals surface area contributed by atoms with Crippen LogP contribution >= 0.6 is 0 Å². The van der Waals surface area contributed by atoms with E-state index in [1.807, 2.05) is 33.8 Å². The van der Waals surface area contributed by atoms with Gasteiger partial charge in [0.05, 0.1) is 11.4 Å². The van der Waals surface area contributed by atoms with Crippen LogP contribution in [-0.4, -0.2) is 17.4 Å². The Morgan fingerprint density at radius 3 is 2.48 bits per heavy atom. The summed E-state index contributed by atoms with van der Waals surface area (Å²) < 4.78 is 26.9. The first-order valence-electron chi connectivity index (χ1n) is 9.11. The van der Waals surface area contributed by atoms with Crippen molar-refractivity contribution in [3.63, 3.8) is 0 Å². The molecule has 1 aliphatic heterocycles. The summed E-state index contributed by atoms with van der Waals surface area (Å²) in [5, 5.41) is 2.91. The van der Waals surface area contributed by atoms with Crippen LogP contribution in [0.15, 0.2) is 24.3 Å². The van der Waals surface area contributed by atoms with Crippen LogP contribution in [0.25, 0.3) is 0 Å². The maximum absolute atomic E-state index is 13.4. The Morgan fingerprint density at radius 2 is 1.85 bits per heavy atom. The van der Waals surface area contributed by atoms with E-state index in [9.17, 15) is 13.6 Å². The van der Waals surface area contributed by atoms with Gasteiger partial charge in [-0.15, -0.1) is 0 Å². The topological polar surface area (TPSA) is 45.2 Å². The number of benzene rings is 1. The quantitative estimate of drug-likeness (QED) is 0.852. The molecule has 0 saturated carbocycles. The predicted octanol–water partition coefficient (Wildman–Crippen LogP) is 4.61. The van der Waals surface area contributed by atoms with Gasteiger partial charge in [-0.2, -0.15) is 0 Å². The number of carbonyl (C=O) groups is 1. The third-order valence-electron chi connectivity index (χ3n) is 4.47. The number of anilines is 2. The van der Waals surface area contributed by atoms with Gasteiger partial charge in [-0.25, -0.2) is 13.8 Å². The second-order valence-electron chi connectivity index (χ2n) is 8.35. The van der Waals surface area contributed by atoms with E-state index in [-0.39, 0.29) is 11.3 Å². The second kappa shape index (κ2) is 7.25. The summed E-state index contributed by atoms with van der Waals surface area (Å²) >= 11 is 0. The summed E-state index contributed by atoms with van der Waals surface area (Å²) in [5.74, 6) is -0.615. The largest absolute Gasteiger partial charge is 0.365 e. The molecule has 0 aliphatic carbocycles. The van der Waals surface area contributed by atoms with Gasteiger partial charge in [-0.1, -0.05) is 20.8 Å². The molecule has 1 aromatic carbocycles. The lowest BCUT2D eigenvalue weighted by Gasteiger charge is -2.21. The van der Waals surface area contributed by atoms with Crippen LogP contribution in [0.1, 0.15) is 44.0 Å². The molecule has 27 heavy (non-hydrogen) atoms.